The minimum absolute atomic E-state index is 0.388. The van der Waals surface area contributed by atoms with Crippen molar-refractivity contribution in [3.63, 3.8) is 0 Å². The fourth-order valence-electron chi connectivity index (χ4n) is 2.86. The Morgan fingerprint density at radius 1 is 1.05 bits per heavy atom. The molecule has 4 heteroatoms. The lowest BCUT2D eigenvalue weighted by molar-refractivity contribution is 0.413. The van der Waals surface area contributed by atoms with Crippen LogP contribution in [-0.4, -0.2) is 13.2 Å². The number of methoxy groups -OCH3 is 1. The van der Waals surface area contributed by atoms with Crippen LogP contribution in [0.25, 0.3) is 0 Å². The van der Waals surface area contributed by atoms with E-state index in [2.05, 4.69) is 17.4 Å². The van der Waals surface area contributed by atoms with Gasteiger partial charge in [-0.3, -0.25) is 0 Å². The number of halogens is 2. The van der Waals surface area contributed by atoms with Gasteiger partial charge in [0.25, 0.3) is 0 Å². The molecule has 0 fully saturated rings. The monoisotopic (exact) mass is 321 g/mol. The second-order valence-corrected chi connectivity index (χ2v) is 6.25. The van der Waals surface area contributed by atoms with Crippen LogP contribution in [0.5, 0.6) is 5.75 Å². The van der Waals surface area contributed by atoms with Gasteiger partial charge in [0.05, 0.1) is 7.11 Å². The summed E-state index contributed by atoms with van der Waals surface area (Å²) < 4.78 is 5.31. The van der Waals surface area contributed by atoms with E-state index in [0.717, 1.165) is 30.7 Å². The molecule has 21 heavy (non-hydrogen) atoms. The summed E-state index contributed by atoms with van der Waals surface area (Å²) in [6.45, 7) is 0. The maximum atomic E-state index is 6.05. The lowest BCUT2D eigenvalue weighted by Gasteiger charge is -2.27. The van der Waals surface area contributed by atoms with E-state index in [-0.39, 0.29) is 0 Å². The minimum Gasteiger partial charge on any atom is -0.497 e. The molecule has 2 aromatic rings. The topological polar surface area (TPSA) is 21.3 Å². The Morgan fingerprint density at radius 3 is 2.52 bits per heavy atom. The predicted molar refractivity (Wildman–Crippen MR) is 88.9 cm³/mol. The van der Waals surface area contributed by atoms with Gasteiger partial charge in [0.15, 0.2) is 0 Å². The van der Waals surface area contributed by atoms with Gasteiger partial charge in [-0.2, -0.15) is 0 Å². The van der Waals surface area contributed by atoms with Crippen molar-refractivity contribution in [2.24, 2.45) is 0 Å². The van der Waals surface area contributed by atoms with Gasteiger partial charge in [-0.25, -0.2) is 0 Å². The van der Waals surface area contributed by atoms with Gasteiger partial charge in [-0.15, -0.1) is 0 Å². The molecule has 1 N–H and O–H groups in total. The average molecular weight is 322 g/mol. The number of hydrogen-bond acceptors (Lipinski definition) is 2. The summed E-state index contributed by atoms with van der Waals surface area (Å²) in [5.74, 6) is 0.917. The molecule has 0 heterocycles. The van der Waals surface area contributed by atoms with E-state index in [1.165, 1.54) is 11.1 Å². The molecule has 0 spiro atoms. The summed E-state index contributed by atoms with van der Waals surface area (Å²) in [7, 11) is 1.70. The number of anilines is 1. The van der Waals surface area contributed by atoms with Crippen molar-refractivity contribution in [2.45, 2.75) is 25.3 Å². The first-order chi connectivity index (χ1) is 10.1. The second-order valence-electron chi connectivity index (χ2n) is 5.38. The summed E-state index contributed by atoms with van der Waals surface area (Å²) in [5.41, 5.74) is 3.74. The van der Waals surface area contributed by atoms with Crippen LogP contribution in [0.15, 0.2) is 36.4 Å². The summed E-state index contributed by atoms with van der Waals surface area (Å²) in [6.07, 6.45) is 3.16. The standard InChI is InChI=1S/C17H17Cl2NO/c1-21-17-5-3-11-2-4-15(6-12(11)7-17)20-16-9-13(18)8-14(19)10-16/h3,5,7-10,15,20H,2,4,6H2,1H3. The van der Waals surface area contributed by atoms with E-state index in [1.54, 1.807) is 13.2 Å². The van der Waals surface area contributed by atoms with Crippen molar-refractivity contribution in [3.8, 4) is 5.75 Å². The number of rotatable bonds is 3. The van der Waals surface area contributed by atoms with Gasteiger partial charge >= 0.3 is 0 Å². The molecule has 0 saturated heterocycles. The third-order valence-corrected chi connectivity index (χ3v) is 4.31. The molecule has 2 aromatic carbocycles. The molecular formula is C17H17Cl2NO. The van der Waals surface area contributed by atoms with E-state index >= 15 is 0 Å². The molecule has 0 aromatic heterocycles. The Labute approximate surface area is 135 Å². The molecule has 1 atom stereocenters. The molecule has 0 aliphatic heterocycles. The fourth-order valence-corrected chi connectivity index (χ4v) is 3.38. The Balaban J connectivity index is 1.76. The van der Waals surface area contributed by atoms with E-state index in [1.807, 2.05) is 18.2 Å². The van der Waals surface area contributed by atoms with Gasteiger partial charge < -0.3 is 10.1 Å². The van der Waals surface area contributed by atoms with Crippen molar-refractivity contribution in [2.75, 3.05) is 12.4 Å². The lowest BCUT2D eigenvalue weighted by atomic mass is 9.88. The Bertz CT molecular complexity index is 637. The van der Waals surface area contributed by atoms with Crippen LogP contribution in [0.2, 0.25) is 10.0 Å². The third kappa shape index (κ3) is 3.45. The zero-order valence-electron chi connectivity index (χ0n) is 11.8. The molecule has 2 nitrogen and oxygen atoms in total. The van der Waals surface area contributed by atoms with E-state index in [0.29, 0.717) is 16.1 Å². The minimum atomic E-state index is 0.388. The van der Waals surface area contributed by atoms with E-state index in [4.69, 9.17) is 27.9 Å². The summed E-state index contributed by atoms with van der Waals surface area (Å²) in [5, 5.41) is 4.84. The predicted octanol–water partition coefficient (Wildman–Crippen LogP) is 4.97. The zero-order valence-corrected chi connectivity index (χ0v) is 13.3. The van der Waals surface area contributed by atoms with Crippen LogP contribution in [0.3, 0.4) is 0 Å². The first kappa shape index (κ1) is 14.6. The molecule has 110 valence electrons. The molecule has 0 saturated carbocycles. The van der Waals surface area contributed by atoms with Gasteiger partial charge in [-0.05, 0) is 60.7 Å². The Morgan fingerprint density at radius 2 is 1.81 bits per heavy atom. The zero-order chi connectivity index (χ0) is 14.8. The van der Waals surface area contributed by atoms with E-state index in [9.17, 15) is 0 Å². The largest absolute Gasteiger partial charge is 0.497 e. The quantitative estimate of drug-likeness (QED) is 0.861. The molecule has 1 aliphatic carbocycles. The summed E-state index contributed by atoms with van der Waals surface area (Å²) in [4.78, 5) is 0. The highest BCUT2D eigenvalue weighted by Crippen LogP contribution is 2.29. The Hall–Kier alpha value is -1.38. The number of nitrogens with one attached hydrogen (secondary N) is 1. The number of hydrogen-bond donors (Lipinski definition) is 1. The van der Waals surface area contributed by atoms with Crippen molar-refractivity contribution >= 4 is 28.9 Å². The average Bonchev–Trinajstić information content (AvgIpc) is 2.45. The van der Waals surface area contributed by atoms with Crippen LogP contribution < -0.4 is 10.1 Å². The molecule has 0 radical (unpaired) electrons. The molecular weight excluding hydrogens is 305 g/mol. The van der Waals surface area contributed by atoms with Crippen molar-refractivity contribution in [1.29, 1.82) is 0 Å². The van der Waals surface area contributed by atoms with Crippen LogP contribution in [-0.2, 0) is 12.8 Å². The molecule has 0 amide bonds. The van der Waals surface area contributed by atoms with Gasteiger partial charge in [0.1, 0.15) is 5.75 Å². The highest BCUT2D eigenvalue weighted by Gasteiger charge is 2.19. The number of fused-ring (bicyclic) bond motifs is 1. The first-order valence-electron chi connectivity index (χ1n) is 7.02. The van der Waals surface area contributed by atoms with Gasteiger partial charge in [-0.1, -0.05) is 29.3 Å². The van der Waals surface area contributed by atoms with Crippen molar-refractivity contribution in [1.82, 2.24) is 0 Å². The third-order valence-electron chi connectivity index (χ3n) is 3.88. The number of benzene rings is 2. The summed E-state index contributed by atoms with van der Waals surface area (Å²) in [6, 6.07) is 12.3. The fraction of sp³-hybridized carbons (Fsp3) is 0.294. The van der Waals surface area contributed by atoms with Crippen LogP contribution in [0.4, 0.5) is 5.69 Å². The Kier molecular flexibility index (Phi) is 4.27. The van der Waals surface area contributed by atoms with Crippen molar-refractivity contribution < 1.29 is 4.74 Å². The molecule has 0 bridgehead atoms. The smallest absolute Gasteiger partial charge is 0.119 e. The van der Waals surface area contributed by atoms with Crippen molar-refractivity contribution in [3.05, 3.63) is 57.6 Å². The maximum absolute atomic E-state index is 6.05. The molecule has 1 aliphatic rings. The molecule has 1 unspecified atom stereocenters. The van der Waals surface area contributed by atoms with Crippen LogP contribution >= 0.6 is 23.2 Å². The lowest BCUT2D eigenvalue weighted by Crippen LogP contribution is -2.27. The maximum Gasteiger partial charge on any atom is 0.119 e. The van der Waals surface area contributed by atoms with Gasteiger partial charge in [0, 0.05) is 21.8 Å². The van der Waals surface area contributed by atoms with E-state index < -0.39 is 0 Å². The van der Waals surface area contributed by atoms with Crippen LogP contribution in [0, 0.1) is 0 Å². The van der Waals surface area contributed by atoms with Crippen LogP contribution in [0.1, 0.15) is 17.5 Å². The number of ether oxygens (including phenoxy) is 1. The summed E-state index contributed by atoms with van der Waals surface area (Å²) >= 11 is 12.1. The highest BCUT2D eigenvalue weighted by atomic mass is 35.5. The second kappa shape index (κ2) is 6.17. The number of aryl methyl sites for hydroxylation is 1. The van der Waals surface area contributed by atoms with Gasteiger partial charge in [0.2, 0.25) is 0 Å². The first-order valence-corrected chi connectivity index (χ1v) is 7.78. The SMILES string of the molecule is COc1ccc2c(c1)CC(Nc1cc(Cl)cc(Cl)c1)CC2. The highest BCUT2D eigenvalue weighted by molar-refractivity contribution is 6.35. The normalized spacial score (nSPS) is 17.2. The molecule has 3 rings (SSSR count).